The smallest absolute Gasteiger partial charge is 0.150 e. The summed E-state index contributed by atoms with van der Waals surface area (Å²) < 4.78 is 5.58. The van der Waals surface area contributed by atoms with Gasteiger partial charge in [-0.25, -0.2) is 0 Å². The maximum atomic E-state index is 10.6. The molecule has 1 N–H and O–H groups in total. The molecule has 0 saturated heterocycles. The average molecular weight is 269 g/mol. The number of ether oxygens (including phenoxy) is 1. The van der Waals surface area contributed by atoms with Gasteiger partial charge in [0.05, 0.1) is 10.6 Å². The van der Waals surface area contributed by atoms with Crippen molar-refractivity contribution in [1.82, 2.24) is 0 Å². The minimum Gasteiger partial charge on any atom is -0.489 e. The monoisotopic (exact) mass is 268 g/mol. The van der Waals surface area contributed by atoms with E-state index in [0.717, 1.165) is 32.0 Å². The first-order valence-electron chi connectivity index (χ1n) is 6.23. The number of aldehydes is 1. The molecule has 0 bridgehead atoms. The van der Waals surface area contributed by atoms with E-state index in [1.807, 2.05) is 0 Å². The van der Waals surface area contributed by atoms with Crippen LogP contribution in [0, 0.1) is 0 Å². The van der Waals surface area contributed by atoms with Crippen LogP contribution in [0.25, 0.3) is 0 Å². The fraction of sp³-hybridized carbons (Fsp3) is 0.500. The molecule has 1 aliphatic carbocycles. The van der Waals surface area contributed by atoms with Crippen molar-refractivity contribution in [2.75, 3.05) is 6.61 Å². The van der Waals surface area contributed by atoms with Gasteiger partial charge in [0, 0.05) is 5.56 Å². The van der Waals surface area contributed by atoms with Crippen LogP contribution in [0.1, 0.15) is 42.5 Å². The lowest BCUT2D eigenvalue weighted by molar-refractivity contribution is -0.0338. The Morgan fingerprint density at radius 3 is 2.67 bits per heavy atom. The van der Waals surface area contributed by atoms with E-state index in [1.165, 1.54) is 6.42 Å². The first-order chi connectivity index (χ1) is 8.63. The van der Waals surface area contributed by atoms with Crippen LogP contribution >= 0.6 is 11.6 Å². The van der Waals surface area contributed by atoms with Crippen molar-refractivity contribution >= 4 is 17.9 Å². The molecule has 2 rings (SSSR count). The Hall–Kier alpha value is -1.06. The van der Waals surface area contributed by atoms with Crippen LogP contribution in [0.2, 0.25) is 5.02 Å². The third kappa shape index (κ3) is 3.24. The van der Waals surface area contributed by atoms with Gasteiger partial charge in [-0.2, -0.15) is 0 Å². The zero-order chi connectivity index (χ0) is 13.0. The molecule has 4 heteroatoms. The molecule has 1 aromatic carbocycles. The van der Waals surface area contributed by atoms with Crippen LogP contribution in [0.5, 0.6) is 5.75 Å². The maximum Gasteiger partial charge on any atom is 0.150 e. The number of carbonyl (C=O) groups is 1. The van der Waals surface area contributed by atoms with Crippen LogP contribution in [0.4, 0.5) is 0 Å². The summed E-state index contributed by atoms with van der Waals surface area (Å²) in [4.78, 5) is 10.6. The van der Waals surface area contributed by atoms with Crippen LogP contribution in [-0.4, -0.2) is 23.6 Å². The number of benzene rings is 1. The normalized spacial score (nSPS) is 18.3. The molecular weight excluding hydrogens is 252 g/mol. The van der Waals surface area contributed by atoms with Crippen LogP contribution in [0.15, 0.2) is 18.2 Å². The van der Waals surface area contributed by atoms with Crippen molar-refractivity contribution in [1.29, 1.82) is 0 Å². The molecule has 1 aromatic rings. The fourth-order valence-corrected chi connectivity index (χ4v) is 2.52. The Balaban J connectivity index is 1.99. The molecule has 1 saturated carbocycles. The molecule has 0 aromatic heterocycles. The van der Waals surface area contributed by atoms with E-state index >= 15 is 0 Å². The van der Waals surface area contributed by atoms with E-state index in [4.69, 9.17) is 16.3 Å². The van der Waals surface area contributed by atoms with Gasteiger partial charge in [0.2, 0.25) is 0 Å². The topological polar surface area (TPSA) is 46.5 Å². The largest absolute Gasteiger partial charge is 0.489 e. The molecule has 0 radical (unpaired) electrons. The quantitative estimate of drug-likeness (QED) is 0.853. The summed E-state index contributed by atoms with van der Waals surface area (Å²) >= 11 is 6.01. The van der Waals surface area contributed by atoms with Gasteiger partial charge < -0.3 is 9.84 Å². The molecule has 0 unspecified atom stereocenters. The van der Waals surface area contributed by atoms with Gasteiger partial charge in [0.15, 0.2) is 0 Å². The van der Waals surface area contributed by atoms with E-state index in [0.29, 0.717) is 16.3 Å². The van der Waals surface area contributed by atoms with Crippen molar-refractivity contribution in [3.63, 3.8) is 0 Å². The molecule has 0 heterocycles. The molecule has 18 heavy (non-hydrogen) atoms. The van der Waals surface area contributed by atoms with Crippen LogP contribution in [-0.2, 0) is 0 Å². The van der Waals surface area contributed by atoms with Gasteiger partial charge in [-0.1, -0.05) is 30.9 Å². The highest BCUT2D eigenvalue weighted by Crippen LogP contribution is 2.31. The summed E-state index contributed by atoms with van der Waals surface area (Å²) in [5, 5.41) is 10.7. The van der Waals surface area contributed by atoms with Gasteiger partial charge in [-0.15, -0.1) is 0 Å². The number of halogens is 1. The molecule has 0 amide bonds. The minimum atomic E-state index is -0.731. The highest BCUT2D eigenvalue weighted by atomic mass is 35.5. The van der Waals surface area contributed by atoms with Crippen molar-refractivity contribution in [3.05, 3.63) is 28.8 Å². The maximum absolute atomic E-state index is 10.6. The highest BCUT2D eigenvalue weighted by molar-refractivity contribution is 6.32. The second kappa shape index (κ2) is 5.72. The van der Waals surface area contributed by atoms with Crippen molar-refractivity contribution < 1.29 is 14.6 Å². The van der Waals surface area contributed by atoms with Crippen LogP contribution in [0.3, 0.4) is 0 Å². The number of hydrogen-bond donors (Lipinski definition) is 1. The predicted molar refractivity (Wildman–Crippen MR) is 70.4 cm³/mol. The zero-order valence-electron chi connectivity index (χ0n) is 10.2. The van der Waals surface area contributed by atoms with Gasteiger partial charge in [-0.05, 0) is 31.0 Å². The number of aliphatic hydroxyl groups is 1. The Morgan fingerprint density at radius 1 is 1.33 bits per heavy atom. The molecule has 0 aliphatic heterocycles. The van der Waals surface area contributed by atoms with E-state index in [2.05, 4.69) is 0 Å². The van der Waals surface area contributed by atoms with E-state index in [1.54, 1.807) is 18.2 Å². The lowest BCUT2D eigenvalue weighted by Crippen LogP contribution is -2.37. The molecule has 1 aliphatic rings. The number of carbonyl (C=O) groups excluding carboxylic acids is 1. The summed E-state index contributed by atoms with van der Waals surface area (Å²) in [6, 6.07) is 4.88. The van der Waals surface area contributed by atoms with Gasteiger partial charge in [0.1, 0.15) is 18.6 Å². The average Bonchev–Trinajstić information content (AvgIpc) is 2.38. The van der Waals surface area contributed by atoms with E-state index in [-0.39, 0.29) is 6.61 Å². The summed E-state index contributed by atoms with van der Waals surface area (Å²) in [6.45, 7) is 0.257. The molecule has 0 atom stereocenters. The van der Waals surface area contributed by atoms with Crippen molar-refractivity contribution in [2.24, 2.45) is 0 Å². The van der Waals surface area contributed by atoms with Crippen molar-refractivity contribution in [3.8, 4) is 5.75 Å². The second-order valence-electron chi connectivity index (χ2n) is 4.88. The SMILES string of the molecule is O=Cc1ccc(OCC2(O)CCCCC2)c(Cl)c1. The second-order valence-corrected chi connectivity index (χ2v) is 5.29. The minimum absolute atomic E-state index is 0.257. The Bertz CT molecular complexity index is 425. The molecule has 3 nitrogen and oxygen atoms in total. The van der Waals surface area contributed by atoms with Gasteiger partial charge in [-0.3, -0.25) is 4.79 Å². The third-order valence-electron chi connectivity index (χ3n) is 3.37. The molecular formula is C14H17ClO3. The molecule has 0 spiro atoms. The van der Waals surface area contributed by atoms with Gasteiger partial charge >= 0.3 is 0 Å². The lowest BCUT2D eigenvalue weighted by Gasteiger charge is -2.31. The number of rotatable bonds is 4. The van der Waals surface area contributed by atoms with Gasteiger partial charge in [0.25, 0.3) is 0 Å². The first kappa shape index (κ1) is 13.4. The molecule has 98 valence electrons. The zero-order valence-corrected chi connectivity index (χ0v) is 10.9. The molecule has 1 fully saturated rings. The van der Waals surface area contributed by atoms with Crippen LogP contribution < -0.4 is 4.74 Å². The lowest BCUT2D eigenvalue weighted by atomic mass is 9.85. The fourth-order valence-electron chi connectivity index (χ4n) is 2.27. The predicted octanol–water partition coefficient (Wildman–Crippen LogP) is 3.23. The Kier molecular flexibility index (Phi) is 4.25. The summed E-state index contributed by atoms with van der Waals surface area (Å²) in [5.41, 5.74) is -0.214. The standard InChI is InChI=1S/C14H17ClO3/c15-12-8-11(9-16)4-5-13(12)18-10-14(17)6-2-1-3-7-14/h4-5,8-9,17H,1-3,6-7,10H2. The highest BCUT2D eigenvalue weighted by Gasteiger charge is 2.30. The van der Waals surface area contributed by atoms with Crippen molar-refractivity contribution in [2.45, 2.75) is 37.7 Å². The Morgan fingerprint density at radius 2 is 2.06 bits per heavy atom. The summed E-state index contributed by atoms with van der Waals surface area (Å²) in [6.07, 6.45) is 5.55. The Labute approximate surface area is 112 Å². The first-order valence-corrected chi connectivity index (χ1v) is 6.61. The third-order valence-corrected chi connectivity index (χ3v) is 3.67. The van der Waals surface area contributed by atoms with E-state index < -0.39 is 5.60 Å². The number of hydrogen-bond acceptors (Lipinski definition) is 3. The summed E-state index contributed by atoms with van der Waals surface area (Å²) in [5.74, 6) is 0.515. The summed E-state index contributed by atoms with van der Waals surface area (Å²) in [7, 11) is 0. The van der Waals surface area contributed by atoms with E-state index in [9.17, 15) is 9.90 Å².